The lowest BCUT2D eigenvalue weighted by Gasteiger charge is -2.33. The number of rotatable bonds is 4. The standard InChI is InChI=1S/C14H16BrN3O3/c15-11-3-1-2-10(6-11)14-16-13(21-17-14)7-18-4-5-20-9-12(18)8-19/h1-3,6,12,19H,4-5,7-9H2. The van der Waals surface area contributed by atoms with E-state index in [1.807, 2.05) is 24.3 Å². The van der Waals surface area contributed by atoms with Crippen LogP contribution in [0.1, 0.15) is 5.89 Å². The summed E-state index contributed by atoms with van der Waals surface area (Å²) in [5.41, 5.74) is 0.903. The molecule has 0 amide bonds. The average Bonchev–Trinajstić information content (AvgIpc) is 2.96. The van der Waals surface area contributed by atoms with Crippen LogP contribution in [0, 0.1) is 0 Å². The Morgan fingerprint density at radius 2 is 2.33 bits per heavy atom. The third kappa shape index (κ3) is 3.49. The predicted octanol–water partition coefficient (Wildman–Crippen LogP) is 1.69. The number of hydrogen-bond donors (Lipinski definition) is 1. The number of morpholine rings is 1. The summed E-state index contributed by atoms with van der Waals surface area (Å²) in [6.45, 7) is 2.52. The third-order valence-corrected chi connectivity index (χ3v) is 3.94. The van der Waals surface area contributed by atoms with E-state index < -0.39 is 0 Å². The number of hydrogen-bond acceptors (Lipinski definition) is 6. The number of ether oxygens (including phenoxy) is 1. The Morgan fingerprint density at radius 1 is 1.43 bits per heavy atom. The lowest BCUT2D eigenvalue weighted by Crippen LogP contribution is -2.46. The van der Waals surface area contributed by atoms with Crippen LogP contribution in [0.5, 0.6) is 0 Å². The van der Waals surface area contributed by atoms with Crippen molar-refractivity contribution >= 4 is 15.9 Å². The van der Waals surface area contributed by atoms with Crippen LogP contribution in [0.25, 0.3) is 11.4 Å². The molecular formula is C14H16BrN3O3. The van der Waals surface area contributed by atoms with Gasteiger partial charge in [-0.25, -0.2) is 0 Å². The van der Waals surface area contributed by atoms with Gasteiger partial charge in [-0.2, -0.15) is 4.98 Å². The molecule has 6 nitrogen and oxygen atoms in total. The topological polar surface area (TPSA) is 71.6 Å². The van der Waals surface area contributed by atoms with Gasteiger partial charge < -0.3 is 14.4 Å². The van der Waals surface area contributed by atoms with Gasteiger partial charge in [-0.15, -0.1) is 0 Å². The first-order chi connectivity index (χ1) is 10.3. The van der Waals surface area contributed by atoms with Gasteiger partial charge >= 0.3 is 0 Å². The lowest BCUT2D eigenvalue weighted by molar-refractivity contribution is -0.0348. The molecule has 0 spiro atoms. The van der Waals surface area contributed by atoms with Crippen LogP contribution in [0.15, 0.2) is 33.3 Å². The second-order valence-corrected chi connectivity index (χ2v) is 5.82. The highest BCUT2D eigenvalue weighted by Crippen LogP contribution is 2.21. The number of aliphatic hydroxyl groups is 1. The molecule has 7 heteroatoms. The molecule has 1 saturated heterocycles. The molecular weight excluding hydrogens is 338 g/mol. The van der Waals surface area contributed by atoms with Crippen LogP contribution < -0.4 is 0 Å². The summed E-state index contributed by atoms with van der Waals surface area (Å²) in [5, 5.41) is 13.4. The van der Waals surface area contributed by atoms with Gasteiger partial charge in [0.2, 0.25) is 11.7 Å². The van der Waals surface area contributed by atoms with Crippen molar-refractivity contribution in [3.63, 3.8) is 0 Å². The molecule has 3 rings (SSSR count). The molecule has 1 aliphatic heterocycles. The average molecular weight is 354 g/mol. The fourth-order valence-corrected chi connectivity index (χ4v) is 2.70. The molecule has 1 atom stereocenters. The summed E-state index contributed by atoms with van der Waals surface area (Å²) in [6, 6.07) is 7.74. The fraction of sp³-hybridized carbons (Fsp3) is 0.429. The van der Waals surface area contributed by atoms with Crippen molar-refractivity contribution in [2.45, 2.75) is 12.6 Å². The maximum absolute atomic E-state index is 9.36. The molecule has 0 aliphatic carbocycles. The molecule has 2 aromatic rings. The molecule has 1 fully saturated rings. The van der Waals surface area contributed by atoms with E-state index in [2.05, 4.69) is 31.0 Å². The van der Waals surface area contributed by atoms with Crippen molar-refractivity contribution in [2.75, 3.05) is 26.4 Å². The van der Waals surface area contributed by atoms with Crippen LogP contribution in [0.2, 0.25) is 0 Å². The molecule has 0 radical (unpaired) electrons. The van der Waals surface area contributed by atoms with Crippen LogP contribution in [-0.2, 0) is 11.3 Å². The van der Waals surface area contributed by atoms with E-state index in [9.17, 15) is 5.11 Å². The Kier molecular flexibility index (Phi) is 4.64. The first-order valence-electron chi connectivity index (χ1n) is 6.77. The zero-order valence-electron chi connectivity index (χ0n) is 11.4. The first-order valence-corrected chi connectivity index (χ1v) is 7.57. The van der Waals surface area contributed by atoms with Crippen LogP contribution in [0.4, 0.5) is 0 Å². The minimum atomic E-state index is -0.0139. The van der Waals surface area contributed by atoms with Gasteiger partial charge in [-0.3, -0.25) is 4.90 Å². The van der Waals surface area contributed by atoms with Crippen LogP contribution in [0.3, 0.4) is 0 Å². The molecule has 1 aromatic carbocycles. The van der Waals surface area contributed by atoms with Crippen LogP contribution >= 0.6 is 15.9 Å². The van der Waals surface area contributed by atoms with Crippen molar-refractivity contribution in [1.29, 1.82) is 0 Å². The largest absolute Gasteiger partial charge is 0.395 e. The Hall–Kier alpha value is -1.28. The minimum Gasteiger partial charge on any atom is -0.395 e. The van der Waals surface area contributed by atoms with Gasteiger partial charge in [-0.05, 0) is 12.1 Å². The van der Waals surface area contributed by atoms with E-state index in [-0.39, 0.29) is 12.6 Å². The van der Waals surface area contributed by atoms with E-state index in [1.165, 1.54) is 0 Å². The smallest absolute Gasteiger partial charge is 0.241 e. The monoisotopic (exact) mass is 353 g/mol. The van der Waals surface area contributed by atoms with E-state index in [0.29, 0.717) is 31.5 Å². The highest BCUT2D eigenvalue weighted by Gasteiger charge is 2.24. The van der Waals surface area contributed by atoms with E-state index in [4.69, 9.17) is 9.26 Å². The number of aromatic nitrogens is 2. The van der Waals surface area contributed by atoms with E-state index >= 15 is 0 Å². The highest BCUT2D eigenvalue weighted by atomic mass is 79.9. The van der Waals surface area contributed by atoms with Gasteiger partial charge in [-0.1, -0.05) is 33.2 Å². The van der Waals surface area contributed by atoms with Crippen molar-refractivity contribution in [2.24, 2.45) is 0 Å². The van der Waals surface area contributed by atoms with E-state index in [0.717, 1.165) is 16.6 Å². The molecule has 1 aliphatic rings. The van der Waals surface area contributed by atoms with Gasteiger partial charge in [0.1, 0.15) is 0 Å². The summed E-state index contributed by atoms with van der Waals surface area (Å²) >= 11 is 3.43. The fourth-order valence-electron chi connectivity index (χ4n) is 2.30. The molecule has 0 saturated carbocycles. The normalized spacial score (nSPS) is 19.8. The Morgan fingerprint density at radius 3 is 3.14 bits per heavy atom. The zero-order chi connectivity index (χ0) is 14.7. The van der Waals surface area contributed by atoms with Crippen LogP contribution in [-0.4, -0.2) is 52.6 Å². The molecule has 21 heavy (non-hydrogen) atoms. The SMILES string of the molecule is OCC1COCCN1Cc1nc(-c2cccc(Br)c2)no1. The van der Waals surface area contributed by atoms with Crippen molar-refractivity contribution in [3.8, 4) is 11.4 Å². The molecule has 2 heterocycles. The highest BCUT2D eigenvalue weighted by molar-refractivity contribution is 9.10. The first kappa shape index (κ1) is 14.6. The quantitative estimate of drug-likeness (QED) is 0.901. The van der Waals surface area contributed by atoms with Crippen molar-refractivity contribution < 1.29 is 14.4 Å². The van der Waals surface area contributed by atoms with Crippen molar-refractivity contribution in [1.82, 2.24) is 15.0 Å². The maximum Gasteiger partial charge on any atom is 0.241 e. The lowest BCUT2D eigenvalue weighted by atomic mass is 10.2. The summed E-state index contributed by atoms with van der Waals surface area (Å²) in [7, 11) is 0. The zero-order valence-corrected chi connectivity index (χ0v) is 13.0. The van der Waals surface area contributed by atoms with Gasteiger partial charge in [0.05, 0.1) is 32.4 Å². The predicted molar refractivity (Wildman–Crippen MR) is 79.5 cm³/mol. The number of aliphatic hydroxyl groups excluding tert-OH is 1. The second kappa shape index (κ2) is 6.65. The van der Waals surface area contributed by atoms with E-state index in [1.54, 1.807) is 0 Å². The molecule has 1 aromatic heterocycles. The summed E-state index contributed by atoms with van der Waals surface area (Å²) in [5.74, 6) is 1.12. The molecule has 112 valence electrons. The molecule has 1 N–H and O–H groups in total. The Balaban J connectivity index is 1.73. The Bertz CT molecular complexity index is 605. The van der Waals surface area contributed by atoms with Gasteiger partial charge in [0.25, 0.3) is 0 Å². The summed E-state index contributed by atoms with van der Waals surface area (Å²) in [6.07, 6.45) is 0. The number of nitrogens with zero attached hydrogens (tertiary/aromatic N) is 3. The van der Waals surface area contributed by atoms with Gasteiger partial charge in [0, 0.05) is 16.6 Å². The third-order valence-electron chi connectivity index (χ3n) is 3.45. The minimum absolute atomic E-state index is 0.0139. The molecule has 0 bridgehead atoms. The van der Waals surface area contributed by atoms with Crippen molar-refractivity contribution in [3.05, 3.63) is 34.6 Å². The van der Waals surface area contributed by atoms with Gasteiger partial charge in [0.15, 0.2) is 0 Å². The number of halogens is 1. The summed E-state index contributed by atoms with van der Waals surface area (Å²) in [4.78, 5) is 6.52. The maximum atomic E-state index is 9.36. The molecule has 1 unspecified atom stereocenters. The summed E-state index contributed by atoms with van der Waals surface area (Å²) < 4.78 is 11.6. The number of benzene rings is 1. The Labute approximate surface area is 130 Å². The second-order valence-electron chi connectivity index (χ2n) is 4.90.